The zero-order valence-electron chi connectivity index (χ0n) is 16.5. The number of nitrogens with two attached hydrogens (primary N) is 1. The fourth-order valence-electron chi connectivity index (χ4n) is 4.72. The number of aliphatic carboxylic acids is 1. The van der Waals surface area contributed by atoms with Crippen molar-refractivity contribution in [3.05, 3.63) is 35.4 Å². The first-order chi connectivity index (χ1) is 13.8. The second-order valence-corrected chi connectivity index (χ2v) is 8.32. The van der Waals surface area contributed by atoms with Gasteiger partial charge in [-0.05, 0) is 55.6 Å². The average Bonchev–Trinajstić information content (AvgIpc) is 2.68. The summed E-state index contributed by atoms with van der Waals surface area (Å²) in [5, 5.41) is 14.8. The molecule has 6 nitrogen and oxygen atoms in total. The van der Waals surface area contributed by atoms with E-state index in [1.807, 2.05) is 31.2 Å². The van der Waals surface area contributed by atoms with E-state index in [0.717, 1.165) is 31.2 Å². The van der Waals surface area contributed by atoms with Crippen molar-refractivity contribution in [2.24, 2.45) is 11.7 Å². The first-order valence-electron chi connectivity index (χ1n) is 10.2. The summed E-state index contributed by atoms with van der Waals surface area (Å²) >= 11 is 0. The van der Waals surface area contributed by atoms with Crippen LogP contribution in [0.5, 0.6) is 0 Å². The van der Waals surface area contributed by atoms with E-state index in [9.17, 15) is 18.4 Å². The molecule has 3 rings (SSSR count). The lowest BCUT2D eigenvalue weighted by Crippen LogP contribution is -2.67. The Morgan fingerprint density at radius 1 is 1.10 bits per heavy atom. The standard InChI is InChI=1S/C21H29F2N3O3/c1-11-17(26-19(21(24)29)18(25-11)20(22)23)15-8-6-14(7-9-15)13-4-2-12(3-5-13)10-16(27)28/h6-9,11-13,17-20,25-26H,2-5,10H2,1H3,(H2,24,29)(H,27,28). The van der Waals surface area contributed by atoms with Crippen LogP contribution in [0.4, 0.5) is 8.78 Å². The molecule has 1 aromatic carbocycles. The van der Waals surface area contributed by atoms with Crippen molar-refractivity contribution in [2.75, 3.05) is 0 Å². The van der Waals surface area contributed by atoms with Gasteiger partial charge in [-0.2, -0.15) is 0 Å². The van der Waals surface area contributed by atoms with Gasteiger partial charge < -0.3 is 16.2 Å². The van der Waals surface area contributed by atoms with Crippen molar-refractivity contribution in [3.63, 3.8) is 0 Å². The van der Waals surface area contributed by atoms with Crippen molar-refractivity contribution >= 4 is 11.9 Å². The van der Waals surface area contributed by atoms with Gasteiger partial charge in [0, 0.05) is 18.5 Å². The SMILES string of the molecule is CC1NC(C(F)F)C(C(N)=O)NC1c1ccc(C2CCC(CC(=O)O)CC2)cc1. The van der Waals surface area contributed by atoms with Crippen LogP contribution in [-0.2, 0) is 9.59 Å². The number of carbonyl (C=O) groups is 2. The van der Waals surface area contributed by atoms with Crippen molar-refractivity contribution in [3.8, 4) is 0 Å². The summed E-state index contributed by atoms with van der Waals surface area (Å²) in [5.74, 6) is -0.862. The number of nitrogens with one attached hydrogen (secondary N) is 2. The van der Waals surface area contributed by atoms with Gasteiger partial charge >= 0.3 is 5.97 Å². The summed E-state index contributed by atoms with van der Waals surface area (Å²) in [5.41, 5.74) is 7.45. The number of benzene rings is 1. The highest BCUT2D eigenvalue weighted by molar-refractivity contribution is 5.81. The van der Waals surface area contributed by atoms with Crippen molar-refractivity contribution in [2.45, 2.75) is 75.5 Å². The highest BCUT2D eigenvalue weighted by Crippen LogP contribution is 2.37. The summed E-state index contributed by atoms with van der Waals surface area (Å²) in [6, 6.07) is 4.99. The number of amides is 1. The Balaban J connectivity index is 1.65. The maximum atomic E-state index is 13.2. The average molecular weight is 409 g/mol. The Labute approximate surface area is 169 Å². The fraction of sp³-hybridized carbons (Fsp3) is 0.619. The molecule has 0 bridgehead atoms. The third kappa shape index (κ3) is 5.11. The van der Waals surface area contributed by atoms with Crippen LogP contribution in [0.1, 0.15) is 62.1 Å². The number of piperazine rings is 1. The third-order valence-electron chi connectivity index (χ3n) is 6.33. The lowest BCUT2D eigenvalue weighted by Gasteiger charge is -2.41. The van der Waals surface area contributed by atoms with Gasteiger partial charge in [0.2, 0.25) is 5.91 Å². The Bertz CT molecular complexity index is 720. The predicted octanol–water partition coefficient (Wildman–Crippen LogP) is 2.55. The van der Waals surface area contributed by atoms with Crippen LogP contribution >= 0.6 is 0 Å². The summed E-state index contributed by atoms with van der Waals surface area (Å²) in [4.78, 5) is 22.5. The van der Waals surface area contributed by atoms with Crippen LogP contribution in [0, 0.1) is 5.92 Å². The summed E-state index contributed by atoms with van der Waals surface area (Å²) in [6.45, 7) is 1.81. The molecule has 2 aliphatic rings. The summed E-state index contributed by atoms with van der Waals surface area (Å²) < 4.78 is 26.5. The molecule has 8 heteroatoms. The molecule has 1 aliphatic carbocycles. The molecule has 4 unspecified atom stereocenters. The van der Waals surface area contributed by atoms with Crippen LogP contribution < -0.4 is 16.4 Å². The molecule has 0 spiro atoms. The van der Waals surface area contributed by atoms with Crippen LogP contribution in [-0.4, -0.2) is 41.5 Å². The number of alkyl halides is 2. The molecule has 2 fully saturated rings. The van der Waals surface area contributed by atoms with Crippen LogP contribution in [0.25, 0.3) is 0 Å². The Kier molecular flexibility index (Phi) is 6.85. The quantitative estimate of drug-likeness (QED) is 0.578. The van der Waals surface area contributed by atoms with Crippen molar-refractivity contribution in [1.82, 2.24) is 10.6 Å². The number of rotatable bonds is 6. The summed E-state index contributed by atoms with van der Waals surface area (Å²) in [6.07, 6.45) is 1.32. The Hall–Kier alpha value is -2.06. The normalized spacial score (nSPS) is 32.8. The minimum absolute atomic E-state index is 0.241. The lowest BCUT2D eigenvalue weighted by molar-refractivity contribution is -0.138. The van der Waals surface area contributed by atoms with E-state index in [1.54, 1.807) is 0 Å². The topological polar surface area (TPSA) is 104 Å². The van der Waals surface area contributed by atoms with E-state index < -0.39 is 30.4 Å². The molecule has 0 aromatic heterocycles. The van der Waals surface area contributed by atoms with Gasteiger partial charge in [0.1, 0.15) is 6.04 Å². The minimum Gasteiger partial charge on any atom is -0.481 e. The fourth-order valence-corrected chi connectivity index (χ4v) is 4.72. The minimum atomic E-state index is -2.69. The third-order valence-corrected chi connectivity index (χ3v) is 6.33. The van der Waals surface area contributed by atoms with E-state index in [4.69, 9.17) is 10.8 Å². The van der Waals surface area contributed by atoms with Gasteiger partial charge in [-0.25, -0.2) is 8.78 Å². The number of carboxylic acids is 1. The number of carbonyl (C=O) groups excluding carboxylic acids is 1. The maximum absolute atomic E-state index is 13.2. The van der Waals surface area contributed by atoms with Gasteiger partial charge in [0.05, 0.1) is 6.04 Å². The number of halogens is 2. The second-order valence-electron chi connectivity index (χ2n) is 8.32. The molecule has 160 valence electrons. The number of primary amides is 1. The molecule has 0 radical (unpaired) electrons. The molecule has 1 amide bonds. The van der Waals surface area contributed by atoms with Gasteiger partial charge in [-0.3, -0.25) is 14.9 Å². The van der Waals surface area contributed by atoms with Gasteiger partial charge in [-0.1, -0.05) is 24.3 Å². The van der Waals surface area contributed by atoms with E-state index >= 15 is 0 Å². The lowest BCUT2D eigenvalue weighted by atomic mass is 9.77. The molecule has 4 atom stereocenters. The van der Waals surface area contributed by atoms with E-state index in [2.05, 4.69) is 10.6 Å². The van der Waals surface area contributed by atoms with E-state index in [-0.39, 0.29) is 24.4 Å². The predicted molar refractivity (Wildman–Crippen MR) is 105 cm³/mol. The summed E-state index contributed by atoms with van der Waals surface area (Å²) in [7, 11) is 0. The van der Waals surface area contributed by atoms with Gasteiger partial charge in [0.25, 0.3) is 6.43 Å². The van der Waals surface area contributed by atoms with Gasteiger partial charge in [0.15, 0.2) is 0 Å². The van der Waals surface area contributed by atoms with Crippen molar-refractivity contribution < 1.29 is 23.5 Å². The Morgan fingerprint density at radius 3 is 2.21 bits per heavy atom. The molecule has 1 aliphatic heterocycles. The number of hydrogen-bond acceptors (Lipinski definition) is 4. The molecule has 1 saturated heterocycles. The molecule has 1 heterocycles. The van der Waals surface area contributed by atoms with Gasteiger partial charge in [-0.15, -0.1) is 0 Å². The highest BCUT2D eigenvalue weighted by atomic mass is 19.3. The van der Waals surface area contributed by atoms with Crippen molar-refractivity contribution in [1.29, 1.82) is 0 Å². The van der Waals surface area contributed by atoms with Crippen LogP contribution in [0.15, 0.2) is 24.3 Å². The monoisotopic (exact) mass is 409 g/mol. The van der Waals surface area contributed by atoms with Crippen LogP contribution in [0.2, 0.25) is 0 Å². The maximum Gasteiger partial charge on any atom is 0.303 e. The molecule has 29 heavy (non-hydrogen) atoms. The zero-order chi connectivity index (χ0) is 21.1. The first-order valence-corrected chi connectivity index (χ1v) is 10.2. The first kappa shape index (κ1) is 21.6. The molecule has 1 saturated carbocycles. The van der Waals surface area contributed by atoms with E-state index in [0.29, 0.717) is 5.92 Å². The molecular formula is C21H29F2N3O3. The molecular weight excluding hydrogens is 380 g/mol. The number of carboxylic acid groups (broad SMARTS) is 1. The van der Waals surface area contributed by atoms with Crippen LogP contribution in [0.3, 0.4) is 0 Å². The molecule has 1 aromatic rings. The largest absolute Gasteiger partial charge is 0.481 e. The van der Waals surface area contributed by atoms with E-state index in [1.165, 1.54) is 5.56 Å². The number of hydrogen-bond donors (Lipinski definition) is 4. The zero-order valence-corrected chi connectivity index (χ0v) is 16.5. The highest BCUT2D eigenvalue weighted by Gasteiger charge is 2.42. The smallest absolute Gasteiger partial charge is 0.303 e. The Morgan fingerprint density at radius 2 is 1.69 bits per heavy atom. The molecule has 5 N–H and O–H groups in total. The second kappa shape index (κ2) is 9.17.